The van der Waals surface area contributed by atoms with Crippen molar-refractivity contribution in [2.24, 2.45) is 5.92 Å². The third-order valence-corrected chi connectivity index (χ3v) is 7.19. The van der Waals surface area contributed by atoms with E-state index in [-0.39, 0.29) is 23.4 Å². The highest BCUT2D eigenvalue weighted by Crippen LogP contribution is 2.27. The fourth-order valence-corrected chi connectivity index (χ4v) is 5.13. The maximum atomic E-state index is 13.8. The molecule has 2 heterocycles. The van der Waals surface area contributed by atoms with Crippen LogP contribution in [0, 0.1) is 17.6 Å². The molecule has 1 aliphatic rings. The monoisotopic (exact) mass is 428 g/mol. The van der Waals surface area contributed by atoms with E-state index in [1.54, 1.807) is 43.0 Å². The molecule has 1 aromatic carbocycles. The summed E-state index contributed by atoms with van der Waals surface area (Å²) in [4.78, 5) is 3.79. The van der Waals surface area contributed by atoms with Crippen LogP contribution in [0.3, 0.4) is 0 Å². The number of ether oxygens (including phenoxy) is 1. The van der Waals surface area contributed by atoms with Gasteiger partial charge in [0.05, 0.1) is 18.6 Å². The summed E-state index contributed by atoms with van der Waals surface area (Å²) in [6.07, 6.45) is 1.74. The number of thioether (sulfide) groups is 1. The molecule has 0 aliphatic carbocycles. The Labute approximate surface area is 168 Å². The number of rotatable bonds is 7. The first-order chi connectivity index (χ1) is 13.4. The molecule has 1 aromatic heterocycles. The largest absolute Gasteiger partial charge is 0.493 e. The van der Waals surface area contributed by atoms with Gasteiger partial charge in [0.1, 0.15) is 17.3 Å². The van der Waals surface area contributed by atoms with Crippen molar-refractivity contribution in [3.8, 4) is 17.0 Å². The maximum absolute atomic E-state index is 13.8. The van der Waals surface area contributed by atoms with E-state index >= 15 is 0 Å². The van der Waals surface area contributed by atoms with Crippen molar-refractivity contribution < 1.29 is 21.9 Å². The first-order valence-electron chi connectivity index (χ1n) is 9.00. The summed E-state index contributed by atoms with van der Waals surface area (Å²) in [6.45, 7) is 2.00. The lowest BCUT2D eigenvalue weighted by Gasteiger charge is -2.31. The predicted octanol–water partition coefficient (Wildman–Crippen LogP) is 3.47. The number of sulfonamides is 1. The van der Waals surface area contributed by atoms with Crippen molar-refractivity contribution in [2.45, 2.75) is 19.4 Å². The summed E-state index contributed by atoms with van der Waals surface area (Å²) in [5, 5.41) is 0. The first kappa shape index (κ1) is 21.0. The Hall–Kier alpha value is -1.71. The molecule has 2 atom stereocenters. The summed E-state index contributed by atoms with van der Waals surface area (Å²) < 4.78 is 59.2. The smallest absolute Gasteiger partial charge is 0.211 e. The molecular weight excluding hydrogens is 406 g/mol. The minimum absolute atomic E-state index is 0.0552. The van der Waals surface area contributed by atoms with Gasteiger partial charge in [-0.3, -0.25) is 4.98 Å². The summed E-state index contributed by atoms with van der Waals surface area (Å²) in [5.74, 6) is 1.01. The molecule has 0 spiro atoms. The molecule has 152 valence electrons. The Morgan fingerprint density at radius 2 is 2.04 bits per heavy atom. The van der Waals surface area contributed by atoms with Crippen molar-refractivity contribution in [3.05, 3.63) is 48.2 Å². The van der Waals surface area contributed by atoms with Crippen LogP contribution in [0.5, 0.6) is 5.75 Å². The zero-order chi connectivity index (χ0) is 20.1. The van der Waals surface area contributed by atoms with Gasteiger partial charge in [0.15, 0.2) is 5.82 Å². The standard InChI is InChI=1S/C19H22F2N2O3S2/c1-2-28(24,25)23-18-7-8-27-12-14(18)11-26-16-5-3-13(4-6-16)19-17(21)9-15(20)10-22-19/h3-6,9-10,14,18,23H,2,7-8,11-12H2,1H3/t14-,18-/m0/s1. The minimum Gasteiger partial charge on any atom is -0.493 e. The van der Waals surface area contributed by atoms with Crippen molar-refractivity contribution in [1.82, 2.24) is 9.71 Å². The highest BCUT2D eigenvalue weighted by Gasteiger charge is 2.29. The second kappa shape index (κ2) is 9.19. The van der Waals surface area contributed by atoms with Gasteiger partial charge in [0.25, 0.3) is 0 Å². The SMILES string of the molecule is CCS(=O)(=O)N[C@H]1CCSC[C@@H]1COc1ccc(-c2ncc(F)cc2F)cc1. The summed E-state index contributed by atoms with van der Waals surface area (Å²) >= 11 is 1.78. The van der Waals surface area contributed by atoms with Gasteiger partial charge in [-0.05, 0) is 43.4 Å². The van der Waals surface area contributed by atoms with Gasteiger partial charge in [-0.15, -0.1) is 0 Å². The van der Waals surface area contributed by atoms with Crippen molar-refractivity contribution in [1.29, 1.82) is 0 Å². The quantitative estimate of drug-likeness (QED) is 0.732. The van der Waals surface area contributed by atoms with Crippen molar-refractivity contribution in [2.75, 3.05) is 23.9 Å². The van der Waals surface area contributed by atoms with Gasteiger partial charge in [0.2, 0.25) is 10.0 Å². The second-order valence-electron chi connectivity index (χ2n) is 6.57. The molecule has 0 bridgehead atoms. The number of halogens is 2. The Bertz CT molecular complexity index is 908. The van der Waals surface area contributed by atoms with E-state index in [0.717, 1.165) is 30.2 Å². The average Bonchev–Trinajstić information content (AvgIpc) is 2.68. The summed E-state index contributed by atoms with van der Waals surface area (Å²) in [5.41, 5.74) is 0.595. The van der Waals surface area contributed by atoms with Gasteiger partial charge in [-0.25, -0.2) is 21.9 Å². The van der Waals surface area contributed by atoms with E-state index in [0.29, 0.717) is 17.9 Å². The molecule has 2 aromatic rings. The van der Waals surface area contributed by atoms with E-state index in [9.17, 15) is 17.2 Å². The van der Waals surface area contributed by atoms with Crippen LogP contribution in [-0.2, 0) is 10.0 Å². The number of hydrogen-bond donors (Lipinski definition) is 1. The van der Waals surface area contributed by atoms with Gasteiger partial charge in [0, 0.05) is 29.3 Å². The molecule has 1 saturated heterocycles. The zero-order valence-corrected chi connectivity index (χ0v) is 17.0. The van der Waals surface area contributed by atoms with Crippen molar-refractivity contribution >= 4 is 21.8 Å². The molecular formula is C19H22F2N2O3S2. The third-order valence-electron chi connectivity index (χ3n) is 4.58. The van der Waals surface area contributed by atoms with E-state index in [4.69, 9.17) is 4.74 Å². The van der Waals surface area contributed by atoms with E-state index in [1.165, 1.54) is 0 Å². The van der Waals surface area contributed by atoms with Gasteiger partial charge >= 0.3 is 0 Å². The molecule has 3 rings (SSSR count). The molecule has 0 unspecified atom stereocenters. The van der Waals surface area contributed by atoms with Crippen LogP contribution in [-0.4, -0.2) is 43.3 Å². The van der Waals surface area contributed by atoms with Crippen LogP contribution in [0.1, 0.15) is 13.3 Å². The fraction of sp³-hybridized carbons (Fsp3) is 0.421. The summed E-state index contributed by atoms with van der Waals surface area (Å²) in [7, 11) is -3.26. The summed E-state index contributed by atoms with van der Waals surface area (Å²) in [6, 6.07) is 7.37. The van der Waals surface area contributed by atoms with E-state index in [2.05, 4.69) is 9.71 Å². The van der Waals surface area contributed by atoms with Crippen LogP contribution in [0.4, 0.5) is 8.78 Å². The zero-order valence-electron chi connectivity index (χ0n) is 15.4. The highest BCUT2D eigenvalue weighted by atomic mass is 32.2. The van der Waals surface area contributed by atoms with Crippen molar-refractivity contribution in [3.63, 3.8) is 0 Å². The number of hydrogen-bond acceptors (Lipinski definition) is 5. The average molecular weight is 429 g/mol. The van der Waals surface area contributed by atoms with Crippen LogP contribution in [0.2, 0.25) is 0 Å². The Morgan fingerprint density at radius 1 is 1.29 bits per heavy atom. The highest BCUT2D eigenvalue weighted by molar-refractivity contribution is 7.99. The number of nitrogens with zero attached hydrogens (tertiary/aromatic N) is 1. The molecule has 28 heavy (non-hydrogen) atoms. The van der Waals surface area contributed by atoms with Gasteiger partial charge < -0.3 is 4.74 Å². The lowest BCUT2D eigenvalue weighted by atomic mass is 10.0. The van der Waals surface area contributed by atoms with E-state index in [1.807, 2.05) is 0 Å². The maximum Gasteiger partial charge on any atom is 0.211 e. The second-order valence-corrected chi connectivity index (χ2v) is 9.76. The fourth-order valence-electron chi connectivity index (χ4n) is 2.97. The predicted molar refractivity (Wildman–Crippen MR) is 107 cm³/mol. The molecule has 0 radical (unpaired) electrons. The molecule has 1 N–H and O–H groups in total. The van der Waals surface area contributed by atoms with Crippen LogP contribution in [0.15, 0.2) is 36.5 Å². The first-order valence-corrected chi connectivity index (χ1v) is 11.8. The Kier molecular flexibility index (Phi) is 6.90. The van der Waals surface area contributed by atoms with Crippen LogP contribution in [0.25, 0.3) is 11.3 Å². The number of aromatic nitrogens is 1. The Balaban J connectivity index is 1.63. The molecule has 1 fully saturated rings. The Morgan fingerprint density at radius 3 is 2.71 bits per heavy atom. The molecule has 0 amide bonds. The minimum atomic E-state index is -3.26. The topological polar surface area (TPSA) is 68.3 Å². The molecule has 0 saturated carbocycles. The lowest BCUT2D eigenvalue weighted by Crippen LogP contribution is -2.46. The van der Waals surface area contributed by atoms with Gasteiger partial charge in [-0.2, -0.15) is 11.8 Å². The van der Waals surface area contributed by atoms with Crippen LogP contribution < -0.4 is 9.46 Å². The van der Waals surface area contributed by atoms with Gasteiger partial charge in [-0.1, -0.05) is 0 Å². The molecule has 9 heteroatoms. The lowest BCUT2D eigenvalue weighted by molar-refractivity contribution is 0.229. The van der Waals surface area contributed by atoms with E-state index < -0.39 is 21.7 Å². The number of pyridine rings is 1. The number of benzene rings is 1. The molecule has 1 aliphatic heterocycles. The van der Waals surface area contributed by atoms with Crippen LogP contribution >= 0.6 is 11.8 Å². The molecule has 5 nitrogen and oxygen atoms in total. The number of nitrogens with one attached hydrogen (secondary N) is 1. The third kappa shape index (κ3) is 5.42. The normalized spacial score (nSPS) is 20.1.